The second kappa shape index (κ2) is 5.28. The standard InChI is InChI=1S/C16H16N6O/c1-11-15(16-18-5-7-23-16)20-13(17)10-21(11)9-12-8-19-14-4-2-3-6-22(12)14/h2-8,10-11H,9,17H2,1H3. The minimum atomic E-state index is -0.00443. The monoisotopic (exact) mass is 308 g/mol. The SMILES string of the molecule is CC1C(c2ncco2)=NC(N)=CN1Cc1cnc2ccccn12. The zero-order chi connectivity index (χ0) is 15.8. The van der Waals surface area contributed by atoms with E-state index >= 15 is 0 Å². The first-order valence-corrected chi connectivity index (χ1v) is 7.35. The van der Waals surface area contributed by atoms with Gasteiger partial charge in [0.25, 0.3) is 0 Å². The van der Waals surface area contributed by atoms with E-state index in [0.29, 0.717) is 18.3 Å². The van der Waals surface area contributed by atoms with Crippen molar-refractivity contribution in [3.8, 4) is 0 Å². The second-order valence-corrected chi connectivity index (χ2v) is 5.41. The molecule has 0 spiro atoms. The third kappa shape index (κ3) is 2.36. The molecule has 0 saturated heterocycles. The Morgan fingerprint density at radius 1 is 1.30 bits per heavy atom. The first-order valence-electron chi connectivity index (χ1n) is 7.35. The van der Waals surface area contributed by atoms with Crippen LogP contribution in [0.2, 0.25) is 0 Å². The predicted octanol–water partition coefficient (Wildman–Crippen LogP) is 1.77. The van der Waals surface area contributed by atoms with Crippen LogP contribution in [0.25, 0.3) is 5.65 Å². The number of nitrogens with two attached hydrogens (primary N) is 1. The molecule has 116 valence electrons. The highest BCUT2D eigenvalue weighted by Gasteiger charge is 2.26. The zero-order valence-electron chi connectivity index (χ0n) is 12.6. The molecule has 23 heavy (non-hydrogen) atoms. The summed E-state index contributed by atoms with van der Waals surface area (Å²) in [7, 11) is 0. The van der Waals surface area contributed by atoms with Crippen LogP contribution in [-0.4, -0.2) is 31.0 Å². The molecular formula is C16H16N6O. The Morgan fingerprint density at radius 2 is 2.22 bits per heavy atom. The van der Waals surface area contributed by atoms with E-state index in [-0.39, 0.29) is 6.04 Å². The summed E-state index contributed by atoms with van der Waals surface area (Å²) >= 11 is 0. The molecule has 0 bridgehead atoms. The van der Waals surface area contributed by atoms with Crippen molar-refractivity contribution in [3.05, 3.63) is 66.7 Å². The highest BCUT2D eigenvalue weighted by molar-refractivity contribution is 6.01. The molecular weight excluding hydrogens is 292 g/mol. The van der Waals surface area contributed by atoms with Crippen LogP contribution in [0.1, 0.15) is 18.5 Å². The van der Waals surface area contributed by atoms with Crippen LogP contribution in [-0.2, 0) is 6.54 Å². The first kappa shape index (κ1) is 13.6. The van der Waals surface area contributed by atoms with E-state index in [1.165, 1.54) is 6.26 Å². The Bertz CT molecular complexity index is 892. The maximum atomic E-state index is 5.97. The van der Waals surface area contributed by atoms with Gasteiger partial charge in [0, 0.05) is 12.4 Å². The summed E-state index contributed by atoms with van der Waals surface area (Å²) in [4.78, 5) is 15.1. The molecule has 0 amide bonds. The zero-order valence-corrected chi connectivity index (χ0v) is 12.6. The lowest BCUT2D eigenvalue weighted by Gasteiger charge is -2.30. The Hall–Kier alpha value is -3.09. The highest BCUT2D eigenvalue weighted by Crippen LogP contribution is 2.19. The molecule has 1 aliphatic rings. The lowest BCUT2D eigenvalue weighted by atomic mass is 10.1. The van der Waals surface area contributed by atoms with Crippen molar-refractivity contribution in [3.63, 3.8) is 0 Å². The number of oxazole rings is 1. The first-order chi connectivity index (χ1) is 11.2. The third-order valence-corrected chi connectivity index (χ3v) is 3.93. The largest absolute Gasteiger partial charge is 0.444 e. The van der Waals surface area contributed by atoms with Crippen molar-refractivity contribution in [1.29, 1.82) is 0 Å². The molecule has 1 aliphatic heterocycles. The maximum Gasteiger partial charge on any atom is 0.242 e. The van der Waals surface area contributed by atoms with Crippen LogP contribution in [0.15, 0.2) is 64.5 Å². The van der Waals surface area contributed by atoms with Crippen LogP contribution in [0.4, 0.5) is 0 Å². The van der Waals surface area contributed by atoms with E-state index in [9.17, 15) is 0 Å². The minimum Gasteiger partial charge on any atom is -0.444 e. The predicted molar refractivity (Wildman–Crippen MR) is 85.5 cm³/mol. The molecule has 0 aromatic carbocycles. The van der Waals surface area contributed by atoms with E-state index in [1.807, 2.05) is 36.8 Å². The Kier molecular flexibility index (Phi) is 3.11. The summed E-state index contributed by atoms with van der Waals surface area (Å²) in [5.41, 5.74) is 8.69. The molecule has 0 radical (unpaired) electrons. The van der Waals surface area contributed by atoms with Crippen molar-refractivity contribution in [2.24, 2.45) is 10.7 Å². The van der Waals surface area contributed by atoms with Crippen molar-refractivity contribution < 1.29 is 4.42 Å². The Morgan fingerprint density at radius 3 is 3.04 bits per heavy atom. The van der Waals surface area contributed by atoms with Crippen molar-refractivity contribution in [2.45, 2.75) is 19.5 Å². The average Bonchev–Trinajstić information content (AvgIpc) is 3.21. The quantitative estimate of drug-likeness (QED) is 0.797. The summed E-state index contributed by atoms with van der Waals surface area (Å²) < 4.78 is 7.44. The number of fused-ring (bicyclic) bond motifs is 1. The summed E-state index contributed by atoms with van der Waals surface area (Å²) in [6, 6.07) is 5.94. The molecule has 3 aromatic heterocycles. The summed E-state index contributed by atoms with van der Waals surface area (Å²) in [5.74, 6) is 0.932. The topological polar surface area (TPSA) is 84.9 Å². The van der Waals surface area contributed by atoms with Gasteiger partial charge < -0.3 is 19.5 Å². The Balaban J connectivity index is 1.66. The lowest BCUT2D eigenvalue weighted by Crippen LogP contribution is -2.39. The maximum absolute atomic E-state index is 5.97. The lowest BCUT2D eigenvalue weighted by molar-refractivity contribution is 0.327. The Labute approximate surface area is 132 Å². The van der Waals surface area contributed by atoms with E-state index in [1.54, 1.807) is 6.20 Å². The number of imidazole rings is 1. The fourth-order valence-corrected chi connectivity index (χ4v) is 2.75. The molecule has 1 atom stereocenters. The average molecular weight is 308 g/mol. The molecule has 4 rings (SSSR count). The number of aromatic nitrogens is 3. The molecule has 0 saturated carbocycles. The number of nitrogens with zero attached hydrogens (tertiary/aromatic N) is 5. The fourth-order valence-electron chi connectivity index (χ4n) is 2.75. The van der Waals surface area contributed by atoms with Gasteiger partial charge in [-0.25, -0.2) is 15.0 Å². The van der Waals surface area contributed by atoms with Gasteiger partial charge in [-0.3, -0.25) is 0 Å². The number of pyridine rings is 1. The molecule has 4 heterocycles. The van der Waals surface area contributed by atoms with E-state index in [2.05, 4.69) is 31.2 Å². The summed E-state index contributed by atoms with van der Waals surface area (Å²) in [5, 5.41) is 0. The van der Waals surface area contributed by atoms with Crippen LogP contribution < -0.4 is 5.73 Å². The molecule has 0 fully saturated rings. The van der Waals surface area contributed by atoms with Gasteiger partial charge in [0.05, 0.1) is 30.7 Å². The van der Waals surface area contributed by atoms with Gasteiger partial charge in [-0.15, -0.1) is 0 Å². The fraction of sp³-hybridized carbons (Fsp3) is 0.188. The second-order valence-electron chi connectivity index (χ2n) is 5.41. The van der Waals surface area contributed by atoms with Crippen molar-refractivity contribution >= 4 is 11.4 Å². The van der Waals surface area contributed by atoms with Gasteiger partial charge in [0.2, 0.25) is 5.89 Å². The summed E-state index contributed by atoms with van der Waals surface area (Å²) in [6.07, 6.45) is 8.87. The third-order valence-electron chi connectivity index (χ3n) is 3.93. The van der Waals surface area contributed by atoms with Gasteiger partial charge >= 0.3 is 0 Å². The summed E-state index contributed by atoms with van der Waals surface area (Å²) in [6.45, 7) is 2.71. The van der Waals surface area contributed by atoms with E-state index in [4.69, 9.17) is 10.2 Å². The van der Waals surface area contributed by atoms with Gasteiger partial charge in [-0.2, -0.15) is 0 Å². The number of rotatable bonds is 3. The minimum absolute atomic E-state index is 0.00443. The molecule has 1 unspecified atom stereocenters. The smallest absolute Gasteiger partial charge is 0.242 e. The van der Waals surface area contributed by atoms with Crippen LogP contribution in [0.5, 0.6) is 0 Å². The number of hydrogen-bond acceptors (Lipinski definition) is 6. The van der Waals surface area contributed by atoms with E-state index in [0.717, 1.165) is 17.1 Å². The molecule has 7 nitrogen and oxygen atoms in total. The van der Waals surface area contributed by atoms with Crippen molar-refractivity contribution in [2.75, 3.05) is 0 Å². The van der Waals surface area contributed by atoms with Gasteiger partial charge in [-0.1, -0.05) is 6.07 Å². The molecule has 7 heteroatoms. The van der Waals surface area contributed by atoms with Crippen molar-refractivity contribution in [1.82, 2.24) is 19.3 Å². The van der Waals surface area contributed by atoms with Gasteiger partial charge in [0.1, 0.15) is 23.4 Å². The van der Waals surface area contributed by atoms with Gasteiger partial charge in [0.15, 0.2) is 0 Å². The number of aliphatic imine (C=N–C) groups is 1. The van der Waals surface area contributed by atoms with Crippen LogP contribution in [0, 0.1) is 0 Å². The van der Waals surface area contributed by atoms with Gasteiger partial charge in [-0.05, 0) is 19.1 Å². The molecule has 3 aromatic rings. The molecule has 2 N–H and O–H groups in total. The highest BCUT2D eigenvalue weighted by atomic mass is 16.3. The van der Waals surface area contributed by atoms with Crippen LogP contribution in [0.3, 0.4) is 0 Å². The number of hydrogen-bond donors (Lipinski definition) is 1. The molecule has 0 aliphatic carbocycles. The van der Waals surface area contributed by atoms with E-state index < -0.39 is 0 Å². The normalized spacial score (nSPS) is 18.1. The van der Waals surface area contributed by atoms with Crippen LogP contribution >= 0.6 is 0 Å².